The highest BCUT2D eigenvalue weighted by Crippen LogP contribution is 2.24. The fraction of sp³-hybridized carbons (Fsp3) is 0. The highest BCUT2D eigenvalue weighted by Gasteiger charge is 2.08. The molecule has 0 saturated carbocycles. The first-order valence-electron chi connectivity index (χ1n) is 6.56. The van der Waals surface area contributed by atoms with Crippen LogP contribution >= 0.6 is 11.6 Å². The number of hydrogen-bond donors (Lipinski definition) is 2. The van der Waals surface area contributed by atoms with Gasteiger partial charge < -0.3 is 10.8 Å². The van der Waals surface area contributed by atoms with E-state index in [0.29, 0.717) is 10.6 Å². The zero-order valence-electron chi connectivity index (χ0n) is 11.5. The lowest BCUT2D eigenvalue weighted by atomic mass is 10.2. The molecule has 3 rings (SSSR count). The molecule has 1 aromatic heterocycles. The molecule has 6 heteroatoms. The van der Waals surface area contributed by atoms with Gasteiger partial charge in [0.2, 0.25) is 5.95 Å². The lowest BCUT2D eigenvalue weighted by Crippen LogP contribution is -2.00. The average molecular weight is 313 g/mol. The Kier molecular flexibility index (Phi) is 3.80. The van der Waals surface area contributed by atoms with Crippen molar-refractivity contribution in [3.8, 4) is 17.0 Å². The summed E-state index contributed by atoms with van der Waals surface area (Å²) >= 11 is 5.90. The maximum absolute atomic E-state index is 9.76. The van der Waals surface area contributed by atoms with Crippen LogP contribution in [0.4, 0.5) is 5.95 Å². The van der Waals surface area contributed by atoms with Gasteiger partial charge in [0.25, 0.3) is 0 Å². The fourth-order valence-corrected chi connectivity index (χ4v) is 2.14. The summed E-state index contributed by atoms with van der Waals surface area (Å²) in [7, 11) is 0. The van der Waals surface area contributed by atoms with E-state index in [1.165, 1.54) is 10.9 Å². The summed E-state index contributed by atoms with van der Waals surface area (Å²) in [6.45, 7) is 0. The second-order valence-corrected chi connectivity index (χ2v) is 5.06. The van der Waals surface area contributed by atoms with Gasteiger partial charge >= 0.3 is 0 Å². The minimum absolute atomic E-state index is 0.151. The molecule has 0 saturated heterocycles. The van der Waals surface area contributed by atoms with Crippen LogP contribution in [0.2, 0.25) is 5.02 Å². The summed E-state index contributed by atoms with van der Waals surface area (Å²) in [5.41, 5.74) is 8.08. The molecule has 0 fully saturated rings. The molecule has 1 heterocycles. The predicted molar refractivity (Wildman–Crippen MR) is 88.2 cm³/mol. The standard InChI is InChI=1S/C16H13ClN4O/c17-13-7-5-11(6-8-13)14-10-19-16(18)21(14)20-9-12-3-1-2-4-15(12)22/h1-10,22H,(H2,18,19). The number of anilines is 1. The number of halogens is 1. The molecule has 0 aliphatic rings. The summed E-state index contributed by atoms with van der Waals surface area (Å²) in [6.07, 6.45) is 3.17. The largest absolute Gasteiger partial charge is 0.507 e. The number of benzene rings is 2. The van der Waals surface area contributed by atoms with Gasteiger partial charge in [-0.1, -0.05) is 35.9 Å². The Balaban J connectivity index is 2.00. The van der Waals surface area contributed by atoms with Gasteiger partial charge in [0.15, 0.2) is 0 Å². The number of phenols is 1. The summed E-state index contributed by atoms with van der Waals surface area (Å²) < 4.78 is 1.51. The van der Waals surface area contributed by atoms with E-state index in [1.54, 1.807) is 36.5 Å². The van der Waals surface area contributed by atoms with Crippen LogP contribution in [0.1, 0.15) is 5.56 Å². The van der Waals surface area contributed by atoms with Crippen molar-refractivity contribution in [2.75, 3.05) is 5.73 Å². The molecular formula is C16H13ClN4O. The number of nitrogen functional groups attached to an aromatic ring is 1. The molecule has 22 heavy (non-hydrogen) atoms. The highest BCUT2D eigenvalue weighted by atomic mass is 35.5. The molecule has 0 spiro atoms. The van der Waals surface area contributed by atoms with Gasteiger partial charge in [-0.05, 0) is 24.3 Å². The van der Waals surface area contributed by atoms with Crippen LogP contribution in [0.25, 0.3) is 11.3 Å². The van der Waals surface area contributed by atoms with Crippen molar-refractivity contribution in [3.63, 3.8) is 0 Å². The summed E-state index contributed by atoms with van der Waals surface area (Å²) in [5.74, 6) is 0.412. The number of imidazole rings is 1. The third kappa shape index (κ3) is 2.80. The maximum Gasteiger partial charge on any atom is 0.221 e. The van der Waals surface area contributed by atoms with Gasteiger partial charge in [0.05, 0.1) is 18.1 Å². The number of para-hydroxylation sites is 1. The van der Waals surface area contributed by atoms with Crippen LogP contribution in [0.15, 0.2) is 59.8 Å². The number of rotatable bonds is 3. The fourth-order valence-electron chi connectivity index (χ4n) is 2.02. The van der Waals surface area contributed by atoms with Gasteiger partial charge in [-0.3, -0.25) is 0 Å². The van der Waals surface area contributed by atoms with Crippen molar-refractivity contribution >= 4 is 23.8 Å². The number of aromatic nitrogens is 2. The van der Waals surface area contributed by atoms with Gasteiger partial charge in [0, 0.05) is 16.1 Å². The van der Waals surface area contributed by atoms with E-state index in [0.717, 1.165) is 11.3 Å². The molecule has 3 aromatic rings. The number of aromatic hydroxyl groups is 1. The highest BCUT2D eigenvalue weighted by molar-refractivity contribution is 6.30. The van der Waals surface area contributed by atoms with Crippen LogP contribution in [0.3, 0.4) is 0 Å². The zero-order chi connectivity index (χ0) is 15.5. The van der Waals surface area contributed by atoms with Crippen molar-refractivity contribution < 1.29 is 5.11 Å². The minimum atomic E-state index is 0.151. The van der Waals surface area contributed by atoms with Crippen molar-refractivity contribution in [2.45, 2.75) is 0 Å². The summed E-state index contributed by atoms with van der Waals surface area (Å²) in [5, 5.41) is 14.7. The van der Waals surface area contributed by atoms with Crippen molar-refractivity contribution in [2.24, 2.45) is 5.10 Å². The first kappa shape index (κ1) is 14.2. The Morgan fingerprint density at radius 3 is 2.59 bits per heavy atom. The predicted octanol–water partition coefficient (Wildman–Crippen LogP) is 3.37. The quantitative estimate of drug-likeness (QED) is 0.728. The van der Waals surface area contributed by atoms with Gasteiger partial charge in [0.1, 0.15) is 5.75 Å². The molecule has 0 bridgehead atoms. The molecule has 0 unspecified atom stereocenters. The second-order valence-electron chi connectivity index (χ2n) is 4.62. The number of nitrogens with two attached hydrogens (primary N) is 1. The maximum atomic E-state index is 9.76. The van der Waals surface area contributed by atoms with Crippen LogP contribution in [0, 0.1) is 0 Å². The Bertz CT molecular complexity index is 824. The molecule has 110 valence electrons. The Morgan fingerprint density at radius 1 is 1.14 bits per heavy atom. The lowest BCUT2D eigenvalue weighted by molar-refractivity contribution is 0.474. The molecule has 0 amide bonds. The smallest absolute Gasteiger partial charge is 0.221 e. The van der Waals surface area contributed by atoms with Crippen LogP contribution < -0.4 is 5.73 Å². The van der Waals surface area contributed by atoms with E-state index in [2.05, 4.69) is 10.1 Å². The molecule has 0 atom stereocenters. The molecule has 0 aliphatic heterocycles. The Labute approximate surface area is 132 Å². The Morgan fingerprint density at radius 2 is 1.86 bits per heavy atom. The molecule has 0 radical (unpaired) electrons. The summed E-state index contributed by atoms with van der Waals surface area (Å²) in [4.78, 5) is 4.08. The molecule has 3 N–H and O–H groups in total. The molecular weight excluding hydrogens is 300 g/mol. The molecule has 0 aliphatic carbocycles. The third-order valence-corrected chi connectivity index (χ3v) is 3.41. The van der Waals surface area contributed by atoms with Crippen LogP contribution in [0.5, 0.6) is 5.75 Å². The normalized spacial score (nSPS) is 11.1. The SMILES string of the molecule is Nc1ncc(-c2ccc(Cl)cc2)n1N=Cc1ccccc1O. The zero-order valence-corrected chi connectivity index (χ0v) is 12.3. The number of phenolic OH excluding ortho intramolecular Hbond substituents is 1. The summed E-state index contributed by atoms with van der Waals surface area (Å²) in [6, 6.07) is 14.2. The van der Waals surface area contributed by atoms with E-state index in [4.69, 9.17) is 17.3 Å². The van der Waals surface area contributed by atoms with Crippen molar-refractivity contribution in [1.82, 2.24) is 9.66 Å². The van der Waals surface area contributed by atoms with Crippen LogP contribution in [-0.2, 0) is 0 Å². The van der Waals surface area contributed by atoms with Crippen LogP contribution in [-0.4, -0.2) is 21.0 Å². The van der Waals surface area contributed by atoms with Crippen molar-refractivity contribution in [3.05, 3.63) is 65.3 Å². The van der Waals surface area contributed by atoms with Gasteiger partial charge in [-0.25, -0.2) is 4.98 Å². The first-order chi connectivity index (χ1) is 10.6. The van der Waals surface area contributed by atoms with Gasteiger partial charge in [-0.2, -0.15) is 9.78 Å². The molecule has 2 aromatic carbocycles. The number of nitrogens with zero attached hydrogens (tertiary/aromatic N) is 3. The van der Waals surface area contributed by atoms with Crippen molar-refractivity contribution in [1.29, 1.82) is 0 Å². The van der Waals surface area contributed by atoms with E-state index in [9.17, 15) is 5.11 Å². The topological polar surface area (TPSA) is 76.4 Å². The van der Waals surface area contributed by atoms with Gasteiger partial charge in [-0.15, -0.1) is 0 Å². The number of hydrogen-bond acceptors (Lipinski definition) is 4. The van der Waals surface area contributed by atoms with E-state index < -0.39 is 0 Å². The lowest BCUT2D eigenvalue weighted by Gasteiger charge is -2.04. The minimum Gasteiger partial charge on any atom is -0.507 e. The average Bonchev–Trinajstić information content (AvgIpc) is 2.88. The first-order valence-corrected chi connectivity index (χ1v) is 6.94. The molecule has 5 nitrogen and oxygen atoms in total. The second kappa shape index (κ2) is 5.91. The van der Waals surface area contributed by atoms with E-state index in [-0.39, 0.29) is 11.7 Å². The third-order valence-electron chi connectivity index (χ3n) is 3.15. The van der Waals surface area contributed by atoms with E-state index in [1.807, 2.05) is 18.2 Å². The monoisotopic (exact) mass is 312 g/mol. The Hall–Kier alpha value is -2.79. The van der Waals surface area contributed by atoms with E-state index >= 15 is 0 Å².